The Labute approximate surface area is 225 Å². The number of hydrogen-bond donors (Lipinski definition) is 2. The third-order valence-electron chi connectivity index (χ3n) is 13.5. The van der Waals surface area contributed by atoms with Gasteiger partial charge in [-0.3, -0.25) is 4.79 Å². The number of rotatable bonds is 3. The quantitative estimate of drug-likeness (QED) is 0.430. The van der Waals surface area contributed by atoms with E-state index >= 15 is 0 Å². The van der Waals surface area contributed by atoms with Gasteiger partial charge in [-0.05, 0) is 118 Å². The molecule has 4 aliphatic carbocycles. The van der Waals surface area contributed by atoms with E-state index in [-0.39, 0.29) is 57.5 Å². The standard InChI is InChI=1S/C32H54O5/c1-19(33)36-24-12-14-29(6)22(27(24,2)3)11-16-30(7)23(29)18-21(34)26-20(10-15-31(26,30)8)32(9)17-13-25(37-32)28(4,5)35/h20-26,34-35H,10-18H2,1-9H3/t20-,21+,22-,23+,24-,25+,26-,29-,30+,31+,32-/m0/s1. The van der Waals surface area contributed by atoms with Crippen molar-refractivity contribution in [3.05, 3.63) is 0 Å². The van der Waals surface area contributed by atoms with Gasteiger partial charge in [0.05, 0.1) is 23.4 Å². The van der Waals surface area contributed by atoms with Crippen LogP contribution in [0, 0.1) is 45.3 Å². The summed E-state index contributed by atoms with van der Waals surface area (Å²) in [5.74, 6) is 1.30. The van der Waals surface area contributed by atoms with Crippen LogP contribution in [0.3, 0.4) is 0 Å². The highest BCUT2D eigenvalue weighted by Gasteiger charge is 2.72. The van der Waals surface area contributed by atoms with E-state index in [4.69, 9.17) is 9.47 Å². The van der Waals surface area contributed by atoms with Gasteiger partial charge in [-0.1, -0.05) is 34.6 Å². The lowest BCUT2D eigenvalue weighted by Crippen LogP contribution is -2.66. The molecule has 2 N–H and O–H groups in total. The van der Waals surface area contributed by atoms with Crippen LogP contribution in [0.25, 0.3) is 0 Å². The Bertz CT molecular complexity index is 923. The number of esters is 1. The van der Waals surface area contributed by atoms with Crippen molar-refractivity contribution in [2.45, 2.75) is 150 Å². The smallest absolute Gasteiger partial charge is 0.302 e. The van der Waals surface area contributed by atoms with Gasteiger partial charge < -0.3 is 19.7 Å². The van der Waals surface area contributed by atoms with Crippen molar-refractivity contribution in [1.29, 1.82) is 0 Å². The zero-order valence-electron chi connectivity index (χ0n) is 25.0. The molecule has 5 heteroatoms. The highest BCUT2D eigenvalue weighted by molar-refractivity contribution is 5.66. The molecule has 5 nitrogen and oxygen atoms in total. The average Bonchev–Trinajstić information content (AvgIpc) is 3.35. The van der Waals surface area contributed by atoms with Crippen molar-refractivity contribution in [3.8, 4) is 0 Å². The van der Waals surface area contributed by atoms with Gasteiger partial charge in [0.15, 0.2) is 0 Å². The molecule has 0 aromatic rings. The Hall–Kier alpha value is -0.650. The third kappa shape index (κ3) is 3.83. The number of hydrogen-bond acceptors (Lipinski definition) is 5. The lowest BCUT2D eigenvalue weighted by molar-refractivity contribution is -0.251. The Morgan fingerprint density at radius 1 is 0.892 bits per heavy atom. The van der Waals surface area contributed by atoms with E-state index in [0.29, 0.717) is 17.8 Å². The molecule has 0 radical (unpaired) electrons. The van der Waals surface area contributed by atoms with E-state index < -0.39 is 5.60 Å². The maximum atomic E-state index is 12.0. The molecular formula is C32H54O5. The maximum Gasteiger partial charge on any atom is 0.302 e. The number of ether oxygens (including phenoxy) is 2. The van der Waals surface area contributed by atoms with Crippen molar-refractivity contribution >= 4 is 5.97 Å². The molecule has 11 atom stereocenters. The maximum absolute atomic E-state index is 12.0. The first kappa shape index (κ1) is 27.9. The summed E-state index contributed by atoms with van der Waals surface area (Å²) in [6.07, 6.45) is 8.73. The zero-order valence-corrected chi connectivity index (χ0v) is 25.0. The van der Waals surface area contributed by atoms with Gasteiger partial charge in [-0.2, -0.15) is 0 Å². The van der Waals surface area contributed by atoms with Gasteiger partial charge in [0.1, 0.15) is 6.10 Å². The highest BCUT2D eigenvalue weighted by Crippen LogP contribution is 2.76. The van der Waals surface area contributed by atoms with Crippen LogP contribution in [-0.2, 0) is 14.3 Å². The molecule has 0 unspecified atom stereocenters. The molecule has 1 heterocycles. The van der Waals surface area contributed by atoms with Crippen LogP contribution >= 0.6 is 0 Å². The van der Waals surface area contributed by atoms with Crippen LogP contribution in [0.1, 0.15) is 120 Å². The second-order valence-electron chi connectivity index (χ2n) is 16.0. The molecule has 1 aliphatic heterocycles. The fraction of sp³-hybridized carbons (Fsp3) is 0.969. The van der Waals surface area contributed by atoms with Crippen LogP contribution in [-0.4, -0.2) is 45.7 Å². The summed E-state index contributed by atoms with van der Waals surface area (Å²) < 4.78 is 12.5. The molecule has 0 aromatic heterocycles. The fourth-order valence-electron chi connectivity index (χ4n) is 11.5. The minimum atomic E-state index is -0.841. The molecule has 212 valence electrons. The molecule has 0 bridgehead atoms. The normalized spacial score (nSPS) is 53.2. The van der Waals surface area contributed by atoms with Gasteiger partial charge in [-0.15, -0.1) is 0 Å². The first-order valence-corrected chi connectivity index (χ1v) is 15.2. The molecule has 5 aliphatic rings. The monoisotopic (exact) mass is 518 g/mol. The van der Waals surface area contributed by atoms with Crippen LogP contribution < -0.4 is 0 Å². The summed E-state index contributed by atoms with van der Waals surface area (Å²) in [4.78, 5) is 11.9. The van der Waals surface area contributed by atoms with Crippen molar-refractivity contribution in [2.24, 2.45) is 45.3 Å². The summed E-state index contributed by atoms with van der Waals surface area (Å²) >= 11 is 0. The van der Waals surface area contributed by atoms with E-state index in [1.165, 1.54) is 13.3 Å². The van der Waals surface area contributed by atoms with Crippen molar-refractivity contribution < 1.29 is 24.5 Å². The number of aliphatic hydroxyl groups excluding tert-OH is 1. The minimum Gasteiger partial charge on any atom is -0.462 e. The van der Waals surface area contributed by atoms with Gasteiger partial charge >= 0.3 is 5.97 Å². The summed E-state index contributed by atoms with van der Waals surface area (Å²) in [5.41, 5.74) is -0.858. The van der Waals surface area contributed by atoms with Gasteiger partial charge in [-0.25, -0.2) is 0 Å². The van der Waals surface area contributed by atoms with Gasteiger partial charge in [0.25, 0.3) is 0 Å². The Balaban J connectivity index is 1.45. The number of fused-ring (bicyclic) bond motifs is 5. The van der Waals surface area contributed by atoms with Crippen LogP contribution in [0.4, 0.5) is 0 Å². The highest BCUT2D eigenvalue weighted by atomic mass is 16.5. The minimum absolute atomic E-state index is 0.0247. The van der Waals surface area contributed by atoms with Crippen molar-refractivity contribution in [2.75, 3.05) is 0 Å². The van der Waals surface area contributed by atoms with Crippen molar-refractivity contribution in [3.63, 3.8) is 0 Å². The molecule has 37 heavy (non-hydrogen) atoms. The van der Waals surface area contributed by atoms with Crippen LogP contribution in [0.2, 0.25) is 0 Å². The Kier molecular flexibility index (Phi) is 6.35. The van der Waals surface area contributed by atoms with Crippen molar-refractivity contribution in [1.82, 2.24) is 0 Å². The first-order valence-electron chi connectivity index (χ1n) is 15.2. The average molecular weight is 519 g/mol. The molecule has 5 rings (SSSR count). The largest absolute Gasteiger partial charge is 0.462 e. The van der Waals surface area contributed by atoms with Gasteiger partial charge in [0, 0.05) is 12.3 Å². The predicted octanol–water partition coefficient (Wildman–Crippen LogP) is 6.28. The van der Waals surface area contributed by atoms with E-state index in [1.807, 2.05) is 13.8 Å². The Morgan fingerprint density at radius 3 is 2.14 bits per heavy atom. The summed E-state index contributed by atoms with van der Waals surface area (Å²) in [7, 11) is 0. The van der Waals surface area contributed by atoms with Crippen LogP contribution in [0.5, 0.6) is 0 Å². The second kappa shape index (κ2) is 8.43. The second-order valence-corrected chi connectivity index (χ2v) is 16.0. The van der Waals surface area contributed by atoms with E-state index in [0.717, 1.165) is 51.4 Å². The molecular weight excluding hydrogens is 464 g/mol. The summed E-state index contributed by atoms with van der Waals surface area (Å²) in [6, 6.07) is 0. The van der Waals surface area contributed by atoms with E-state index in [1.54, 1.807) is 0 Å². The number of carbonyl (C=O) groups excluding carboxylic acids is 1. The van der Waals surface area contributed by atoms with Crippen LogP contribution in [0.15, 0.2) is 0 Å². The van der Waals surface area contributed by atoms with Gasteiger partial charge in [0.2, 0.25) is 0 Å². The molecule has 5 fully saturated rings. The third-order valence-corrected chi connectivity index (χ3v) is 13.5. The summed E-state index contributed by atoms with van der Waals surface area (Å²) in [5, 5.41) is 22.7. The topological polar surface area (TPSA) is 76.0 Å². The lowest BCUT2D eigenvalue weighted by atomic mass is 9.35. The summed E-state index contributed by atoms with van der Waals surface area (Å²) in [6.45, 7) is 19.7. The fourth-order valence-corrected chi connectivity index (χ4v) is 11.5. The Morgan fingerprint density at radius 2 is 1.54 bits per heavy atom. The molecule has 0 amide bonds. The van der Waals surface area contributed by atoms with E-state index in [9.17, 15) is 15.0 Å². The SMILES string of the molecule is CC(=O)O[C@H]1CC[C@]2(C)[C@H]3C[C@@H](O)[C@@H]4[C@@H]([C@]5(C)CC[C@H](C(C)(C)O)O5)CC[C@@]4(C)[C@]3(C)CC[C@H]2C1(C)C. The zero-order chi connectivity index (χ0) is 27.4. The molecule has 0 spiro atoms. The number of aliphatic hydroxyl groups is 2. The number of carbonyl (C=O) groups is 1. The lowest BCUT2D eigenvalue weighted by Gasteiger charge is -2.70. The van der Waals surface area contributed by atoms with E-state index in [2.05, 4.69) is 41.5 Å². The molecule has 1 saturated heterocycles. The first-order chi connectivity index (χ1) is 16.9. The molecule has 4 saturated carbocycles. The molecule has 0 aromatic carbocycles. The predicted molar refractivity (Wildman–Crippen MR) is 145 cm³/mol.